The Bertz CT molecular complexity index is 436. The van der Waals surface area contributed by atoms with E-state index in [0.717, 1.165) is 5.52 Å². The summed E-state index contributed by atoms with van der Waals surface area (Å²) >= 11 is 1.55. The molecule has 4 heteroatoms. The van der Waals surface area contributed by atoms with Crippen LogP contribution in [0.4, 0.5) is 5.13 Å². The fourth-order valence-corrected chi connectivity index (χ4v) is 2.30. The van der Waals surface area contributed by atoms with Crippen molar-refractivity contribution in [2.24, 2.45) is 0 Å². The summed E-state index contributed by atoms with van der Waals surface area (Å²) in [7, 11) is 0. The zero-order valence-corrected chi connectivity index (χ0v) is 10.0. The van der Waals surface area contributed by atoms with Gasteiger partial charge in [-0.2, -0.15) is 0 Å². The van der Waals surface area contributed by atoms with Gasteiger partial charge in [0.15, 0.2) is 5.13 Å². The van der Waals surface area contributed by atoms with Gasteiger partial charge in [0, 0.05) is 0 Å². The second-order valence-corrected chi connectivity index (χ2v) is 4.04. The van der Waals surface area contributed by atoms with Gasteiger partial charge in [-0.3, -0.25) is 0 Å². The molecule has 0 radical (unpaired) electrons. The second-order valence-electron chi connectivity index (χ2n) is 2.98. The minimum absolute atomic E-state index is 0. The molecule has 13 heavy (non-hydrogen) atoms. The molecule has 2 rings (SSSR count). The molecule has 0 spiro atoms. The Morgan fingerprint density at radius 2 is 2.00 bits per heavy atom. The molecule has 0 aliphatic rings. The molecule has 2 N–H and O–H groups in total. The van der Waals surface area contributed by atoms with Crippen molar-refractivity contribution in [3.05, 3.63) is 23.3 Å². The van der Waals surface area contributed by atoms with Crippen LogP contribution in [0.3, 0.4) is 0 Å². The van der Waals surface area contributed by atoms with E-state index in [1.165, 1.54) is 15.8 Å². The Labute approximate surface area is 91.6 Å². The highest BCUT2D eigenvalue weighted by Crippen LogP contribution is 2.27. The van der Waals surface area contributed by atoms with Crippen molar-refractivity contribution in [1.29, 1.82) is 0 Å². The number of nitrogens with zero attached hydrogens (tertiary/aromatic N) is 1. The van der Waals surface area contributed by atoms with Crippen LogP contribution in [0.1, 0.15) is 11.1 Å². The van der Waals surface area contributed by atoms with Crippen LogP contribution in [0.5, 0.6) is 0 Å². The topological polar surface area (TPSA) is 38.9 Å². The highest BCUT2D eigenvalue weighted by Gasteiger charge is 2.03. The van der Waals surface area contributed by atoms with Crippen molar-refractivity contribution in [2.45, 2.75) is 13.8 Å². The third kappa shape index (κ3) is 1.84. The van der Waals surface area contributed by atoms with Gasteiger partial charge in [-0.25, -0.2) is 4.98 Å². The smallest absolute Gasteiger partial charge is 0.181 e. The number of hydrogen-bond acceptors (Lipinski definition) is 3. The van der Waals surface area contributed by atoms with Crippen molar-refractivity contribution in [3.63, 3.8) is 0 Å². The monoisotopic (exact) mass is 258 g/mol. The van der Waals surface area contributed by atoms with Gasteiger partial charge in [-0.15, -0.1) is 17.0 Å². The van der Waals surface area contributed by atoms with Crippen LogP contribution in [0.15, 0.2) is 12.1 Å². The lowest BCUT2D eigenvalue weighted by atomic mass is 10.1. The van der Waals surface area contributed by atoms with Crippen LogP contribution in [-0.4, -0.2) is 4.98 Å². The summed E-state index contributed by atoms with van der Waals surface area (Å²) in [5.41, 5.74) is 9.14. The van der Waals surface area contributed by atoms with E-state index in [-0.39, 0.29) is 17.0 Å². The Morgan fingerprint density at radius 3 is 2.69 bits per heavy atom. The van der Waals surface area contributed by atoms with Crippen molar-refractivity contribution in [1.82, 2.24) is 4.98 Å². The lowest BCUT2D eigenvalue weighted by Crippen LogP contribution is -1.81. The number of thiazole rings is 1. The third-order valence-electron chi connectivity index (χ3n) is 1.85. The molecule has 0 amide bonds. The standard InChI is InChI=1S/C9H10N2S.BrH/c1-5-3-6(2)8-7(4-5)12-9(10)11-8;/h3-4H,1-2H3,(H2,10,11);1H. The van der Waals surface area contributed by atoms with Gasteiger partial charge in [0.1, 0.15) is 0 Å². The van der Waals surface area contributed by atoms with E-state index >= 15 is 0 Å². The predicted molar refractivity (Wildman–Crippen MR) is 63.8 cm³/mol. The highest BCUT2D eigenvalue weighted by molar-refractivity contribution is 8.93. The quantitative estimate of drug-likeness (QED) is 0.789. The van der Waals surface area contributed by atoms with Crippen molar-refractivity contribution in [2.75, 3.05) is 5.73 Å². The number of halogens is 1. The van der Waals surface area contributed by atoms with Crippen LogP contribution in [0, 0.1) is 13.8 Å². The molecule has 0 saturated heterocycles. The Hall–Kier alpha value is -0.610. The van der Waals surface area contributed by atoms with Crippen molar-refractivity contribution < 1.29 is 0 Å². The van der Waals surface area contributed by atoms with Crippen LogP contribution in [0.2, 0.25) is 0 Å². The predicted octanol–water partition coefficient (Wildman–Crippen LogP) is 3.07. The molecule has 0 atom stereocenters. The average Bonchev–Trinajstić information content (AvgIpc) is 2.29. The molecule has 1 aromatic carbocycles. The number of aryl methyl sites for hydroxylation is 2. The summed E-state index contributed by atoms with van der Waals surface area (Å²) in [6, 6.07) is 4.25. The first-order valence-electron chi connectivity index (χ1n) is 3.80. The molecule has 0 fully saturated rings. The minimum atomic E-state index is 0. The minimum Gasteiger partial charge on any atom is -0.375 e. The number of fused-ring (bicyclic) bond motifs is 1. The maximum atomic E-state index is 5.62. The van der Waals surface area contributed by atoms with E-state index < -0.39 is 0 Å². The number of nitrogen functional groups attached to an aromatic ring is 1. The van der Waals surface area contributed by atoms with E-state index in [4.69, 9.17) is 5.73 Å². The first-order chi connectivity index (χ1) is 5.66. The molecule has 0 aliphatic carbocycles. The normalized spacial score (nSPS) is 10.0. The van der Waals surface area contributed by atoms with E-state index in [1.807, 2.05) is 0 Å². The van der Waals surface area contributed by atoms with Crippen LogP contribution in [-0.2, 0) is 0 Å². The van der Waals surface area contributed by atoms with Gasteiger partial charge in [0.2, 0.25) is 0 Å². The first-order valence-corrected chi connectivity index (χ1v) is 4.62. The summed E-state index contributed by atoms with van der Waals surface area (Å²) in [5.74, 6) is 0. The number of benzene rings is 1. The Kier molecular flexibility index (Phi) is 2.93. The largest absolute Gasteiger partial charge is 0.375 e. The van der Waals surface area contributed by atoms with Gasteiger partial charge < -0.3 is 5.73 Å². The maximum Gasteiger partial charge on any atom is 0.181 e. The summed E-state index contributed by atoms with van der Waals surface area (Å²) in [6.07, 6.45) is 0. The van der Waals surface area contributed by atoms with Gasteiger partial charge in [0.05, 0.1) is 10.2 Å². The zero-order valence-electron chi connectivity index (χ0n) is 7.50. The second kappa shape index (κ2) is 3.64. The summed E-state index contributed by atoms with van der Waals surface area (Å²) in [5, 5.41) is 0.652. The molecular formula is C9H11BrN2S. The molecule has 70 valence electrons. The Balaban J connectivity index is 0.000000845. The molecule has 0 saturated carbocycles. The van der Waals surface area contributed by atoms with E-state index in [1.54, 1.807) is 11.3 Å². The van der Waals surface area contributed by atoms with E-state index in [9.17, 15) is 0 Å². The molecule has 1 aromatic heterocycles. The van der Waals surface area contributed by atoms with Gasteiger partial charge in [0.25, 0.3) is 0 Å². The number of nitrogens with two attached hydrogens (primary N) is 1. The van der Waals surface area contributed by atoms with Gasteiger partial charge in [-0.1, -0.05) is 17.4 Å². The Morgan fingerprint density at radius 1 is 1.31 bits per heavy atom. The number of hydrogen-bond donors (Lipinski definition) is 1. The van der Waals surface area contributed by atoms with E-state index in [2.05, 4.69) is 31.0 Å². The van der Waals surface area contributed by atoms with Crippen LogP contribution >= 0.6 is 28.3 Å². The van der Waals surface area contributed by atoms with Crippen molar-refractivity contribution >= 4 is 43.7 Å². The summed E-state index contributed by atoms with van der Waals surface area (Å²) in [6.45, 7) is 4.15. The number of anilines is 1. The lowest BCUT2D eigenvalue weighted by molar-refractivity contribution is 1.39. The van der Waals surface area contributed by atoms with Crippen LogP contribution < -0.4 is 5.73 Å². The van der Waals surface area contributed by atoms with Crippen molar-refractivity contribution in [3.8, 4) is 0 Å². The first kappa shape index (κ1) is 10.5. The third-order valence-corrected chi connectivity index (χ3v) is 2.68. The summed E-state index contributed by atoms with van der Waals surface area (Å²) < 4.78 is 1.19. The average molecular weight is 259 g/mol. The zero-order chi connectivity index (χ0) is 8.72. The molecular weight excluding hydrogens is 248 g/mol. The highest BCUT2D eigenvalue weighted by atomic mass is 79.9. The number of aromatic nitrogens is 1. The molecule has 0 unspecified atom stereocenters. The molecule has 1 heterocycles. The fourth-order valence-electron chi connectivity index (χ4n) is 1.39. The molecule has 2 nitrogen and oxygen atoms in total. The number of rotatable bonds is 0. The maximum absolute atomic E-state index is 5.62. The molecule has 2 aromatic rings. The van der Waals surface area contributed by atoms with E-state index in [0.29, 0.717) is 5.13 Å². The molecule has 0 bridgehead atoms. The van der Waals surface area contributed by atoms with Gasteiger partial charge in [-0.05, 0) is 31.0 Å². The van der Waals surface area contributed by atoms with Crippen LogP contribution in [0.25, 0.3) is 10.2 Å². The molecule has 0 aliphatic heterocycles. The summed E-state index contributed by atoms with van der Waals surface area (Å²) in [4.78, 5) is 4.25. The fraction of sp³-hybridized carbons (Fsp3) is 0.222. The lowest BCUT2D eigenvalue weighted by Gasteiger charge is -1.95. The SMILES string of the molecule is Br.Cc1cc(C)c2nc(N)sc2c1. The van der Waals surface area contributed by atoms with Gasteiger partial charge >= 0.3 is 0 Å².